The minimum atomic E-state index is -0.372. The van der Waals surface area contributed by atoms with Gasteiger partial charge in [-0.1, -0.05) is 52.0 Å². The van der Waals surface area contributed by atoms with E-state index in [0.29, 0.717) is 5.75 Å². The first kappa shape index (κ1) is 18.1. The van der Waals surface area contributed by atoms with Crippen molar-refractivity contribution < 1.29 is 14.6 Å². The Morgan fingerprint density at radius 2 is 1.33 bits per heavy atom. The molecule has 0 aromatic heterocycles. The van der Waals surface area contributed by atoms with E-state index in [1.54, 1.807) is 24.3 Å². The molecule has 0 spiro atoms. The second kappa shape index (κ2) is 6.68. The van der Waals surface area contributed by atoms with Crippen molar-refractivity contribution in [3.8, 4) is 22.6 Å². The lowest BCUT2D eigenvalue weighted by molar-refractivity contribution is -0.141. The monoisotopic (exact) mass is 326 g/mol. The molecule has 1 aliphatic rings. The van der Waals surface area contributed by atoms with E-state index in [0.717, 1.165) is 17.5 Å². The molecule has 0 saturated heterocycles. The summed E-state index contributed by atoms with van der Waals surface area (Å²) in [7, 11) is 0. The predicted octanol–water partition coefficient (Wildman–Crippen LogP) is 5.43. The maximum Gasteiger partial charge on any atom is 0.317 e. The van der Waals surface area contributed by atoms with E-state index >= 15 is 0 Å². The van der Waals surface area contributed by atoms with Crippen LogP contribution in [-0.2, 0) is 4.79 Å². The summed E-state index contributed by atoms with van der Waals surface area (Å²) in [4.78, 5) is 12.3. The molecule has 0 radical (unpaired) electrons. The number of esters is 1. The van der Waals surface area contributed by atoms with Crippen LogP contribution < -0.4 is 4.74 Å². The van der Waals surface area contributed by atoms with Gasteiger partial charge in [-0.2, -0.15) is 0 Å². The van der Waals surface area contributed by atoms with Crippen LogP contribution in [0.1, 0.15) is 41.0 Å². The molecule has 3 rings (SSSR count). The molecule has 0 amide bonds. The van der Waals surface area contributed by atoms with Crippen molar-refractivity contribution in [2.75, 3.05) is 0 Å². The molecule has 1 aliphatic carbocycles. The fraction of sp³-hybridized carbons (Fsp3) is 0.381. The molecule has 128 valence electrons. The zero-order chi connectivity index (χ0) is 18.0. The van der Waals surface area contributed by atoms with Gasteiger partial charge in [0.05, 0.1) is 5.41 Å². The summed E-state index contributed by atoms with van der Waals surface area (Å²) in [5.74, 6) is 0.654. The quantitative estimate of drug-likeness (QED) is 0.604. The fourth-order valence-corrected chi connectivity index (χ4v) is 2.78. The lowest BCUT2D eigenvalue weighted by Gasteiger charge is -2.14. The Kier molecular flexibility index (Phi) is 5.02. The summed E-state index contributed by atoms with van der Waals surface area (Å²) in [5, 5.41) is 9.31. The summed E-state index contributed by atoms with van der Waals surface area (Å²) in [6, 6.07) is 14.4. The molecular weight excluding hydrogens is 300 g/mol. The van der Waals surface area contributed by atoms with Crippen molar-refractivity contribution >= 4 is 5.97 Å². The molecule has 3 heteroatoms. The number of hydrogen-bond acceptors (Lipinski definition) is 3. The summed E-state index contributed by atoms with van der Waals surface area (Å²) < 4.78 is 5.51. The van der Waals surface area contributed by atoms with Crippen LogP contribution >= 0.6 is 0 Å². The number of hydrogen-bond donors (Lipinski definition) is 1. The number of phenols is 1. The Balaban J connectivity index is 0.00000100. The molecule has 1 atom stereocenters. The van der Waals surface area contributed by atoms with Crippen molar-refractivity contribution in [2.24, 2.45) is 10.8 Å². The van der Waals surface area contributed by atoms with Crippen molar-refractivity contribution in [1.82, 2.24) is 0 Å². The maximum absolute atomic E-state index is 12.3. The van der Waals surface area contributed by atoms with Crippen molar-refractivity contribution in [1.29, 1.82) is 0 Å². The third kappa shape index (κ3) is 3.45. The number of phenolic OH excluding ortho intramolecular Hbond substituents is 1. The number of rotatable bonds is 3. The van der Waals surface area contributed by atoms with Gasteiger partial charge in [-0.15, -0.1) is 0 Å². The maximum atomic E-state index is 12.3. The van der Waals surface area contributed by atoms with Crippen LogP contribution in [-0.4, -0.2) is 11.1 Å². The van der Waals surface area contributed by atoms with E-state index in [-0.39, 0.29) is 22.5 Å². The fourth-order valence-electron chi connectivity index (χ4n) is 2.78. The molecule has 1 unspecified atom stereocenters. The summed E-state index contributed by atoms with van der Waals surface area (Å²) in [6.07, 6.45) is 0.866. The molecule has 1 saturated carbocycles. The van der Waals surface area contributed by atoms with Crippen LogP contribution in [0, 0.1) is 10.8 Å². The van der Waals surface area contributed by atoms with Gasteiger partial charge in [-0.3, -0.25) is 4.79 Å². The van der Waals surface area contributed by atoms with Gasteiger partial charge in [0, 0.05) is 0 Å². The molecule has 1 fully saturated rings. The number of carbonyl (C=O) groups is 1. The molecule has 0 bridgehead atoms. The predicted molar refractivity (Wildman–Crippen MR) is 97.0 cm³/mol. The van der Waals surface area contributed by atoms with Gasteiger partial charge in [-0.25, -0.2) is 0 Å². The number of benzene rings is 2. The van der Waals surface area contributed by atoms with E-state index in [2.05, 4.69) is 13.8 Å². The topological polar surface area (TPSA) is 46.5 Å². The molecule has 2 aromatic rings. The van der Waals surface area contributed by atoms with E-state index < -0.39 is 0 Å². The highest BCUT2D eigenvalue weighted by molar-refractivity contribution is 5.83. The van der Waals surface area contributed by atoms with E-state index in [1.165, 1.54) is 0 Å². The van der Waals surface area contributed by atoms with Gasteiger partial charge in [0.1, 0.15) is 11.5 Å². The van der Waals surface area contributed by atoms with Crippen molar-refractivity contribution in [3.05, 3.63) is 48.5 Å². The number of carbonyl (C=O) groups excluding carboxylic acids is 1. The molecule has 3 nitrogen and oxygen atoms in total. The van der Waals surface area contributed by atoms with Gasteiger partial charge in [0.15, 0.2) is 0 Å². The van der Waals surface area contributed by atoms with Crippen LogP contribution in [0.25, 0.3) is 11.1 Å². The van der Waals surface area contributed by atoms with Gasteiger partial charge in [-0.05, 0) is 54.2 Å². The Morgan fingerprint density at radius 1 is 0.917 bits per heavy atom. The number of aromatic hydroxyl groups is 1. The summed E-state index contributed by atoms with van der Waals surface area (Å²) in [6.45, 7) is 10.1. The van der Waals surface area contributed by atoms with E-state index in [1.807, 2.05) is 45.0 Å². The minimum absolute atomic E-state index is 0.0239. The molecule has 0 aliphatic heterocycles. The van der Waals surface area contributed by atoms with Crippen LogP contribution in [0.3, 0.4) is 0 Å². The third-order valence-electron chi connectivity index (χ3n) is 4.88. The molecule has 2 aromatic carbocycles. The average molecular weight is 326 g/mol. The Morgan fingerprint density at radius 3 is 1.75 bits per heavy atom. The van der Waals surface area contributed by atoms with Crippen molar-refractivity contribution in [3.63, 3.8) is 0 Å². The molecule has 24 heavy (non-hydrogen) atoms. The standard InChI is InChI=1S/C19H20O3.C2H6/c1-18(2)12-19(18,3)17(21)22-16-10-6-14(7-11-16)13-4-8-15(20)9-5-13;1-2/h4-11,20H,12H2,1-3H3;1-2H3. The average Bonchev–Trinajstić information content (AvgIpc) is 3.11. The molecule has 0 heterocycles. The zero-order valence-electron chi connectivity index (χ0n) is 15.1. The highest BCUT2D eigenvalue weighted by Crippen LogP contribution is 2.63. The van der Waals surface area contributed by atoms with E-state index in [9.17, 15) is 9.90 Å². The zero-order valence-corrected chi connectivity index (χ0v) is 15.1. The van der Waals surface area contributed by atoms with Crippen LogP contribution in [0.4, 0.5) is 0 Å². The Labute approximate surface area is 144 Å². The molecule has 1 N–H and O–H groups in total. The highest BCUT2D eigenvalue weighted by Gasteiger charge is 2.63. The summed E-state index contributed by atoms with van der Waals surface area (Å²) >= 11 is 0. The Bertz CT molecular complexity index is 699. The lowest BCUT2D eigenvalue weighted by Crippen LogP contribution is -2.23. The third-order valence-corrected chi connectivity index (χ3v) is 4.88. The normalized spacial score (nSPS) is 20.5. The second-order valence-corrected chi connectivity index (χ2v) is 6.85. The van der Waals surface area contributed by atoms with Crippen LogP contribution in [0.15, 0.2) is 48.5 Å². The molecular formula is C21H26O3. The minimum Gasteiger partial charge on any atom is -0.508 e. The van der Waals surface area contributed by atoms with E-state index in [4.69, 9.17) is 4.74 Å². The number of ether oxygens (including phenoxy) is 1. The largest absolute Gasteiger partial charge is 0.508 e. The first-order valence-electron chi connectivity index (χ1n) is 8.44. The van der Waals surface area contributed by atoms with Gasteiger partial charge >= 0.3 is 5.97 Å². The van der Waals surface area contributed by atoms with Gasteiger partial charge in [0.2, 0.25) is 0 Å². The Hall–Kier alpha value is -2.29. The SMILES string of the molecule is CC.CC1(C)CC1(C)C(=O)Oc1ccc(-c2ccc(O)cc2)cc1. The van der Waals surface area contributed by atoms with Crippen LogP contribution in [0.2, 0.25) is 0 Å². The van der Waals surface area contributed by atoms with Gasteiger partial charge in [0.25, 0.3) is 0 Å². The van der Waals surface area contributed by atoms with Crippen LogP contribution in [0.5, 0.6) is 11.5 Å². The van der Waals surface area contributed by atoms with Gasteiger partial charge < -0.3 is 9.84 Å². The highest BCUT2D eigenvalue weighted by atomic mass is 16.5. The summed E-state index contributed by atoms with van der Waals surface area (Å²) in [5.41, 5.74) is 1.67. The first-order chi connectivity index (χ1) is 11.3. The van der Waals surface area contributed by atoms with Crippen molar-refractivity contribution in [2.45, 2.75) is 41.0 Å². The smallest absolute Gasteiger partial charge is 0.317 e. The first-order valence-corrected chi connectivity index (χ1v) is 8.44. The second-order valence-electron chi connectivity index (χ2n) is 6.85. The lowest BCUT2D eigenvalue weighted by atomic mass is 9.98.